The van der Waals surface area contributed by atoms with Gasteiger partial charge in [0.25, 0.3) is 0 Å². The van der Waals surface area contributed by atoms with E-state index in [9.17, 15) is 19.5 Å². The maximum atomic E-state index is 12.6. The molecule has 0 fully saturated rings. The van der Waals surface area contributed by atoms with Gasteiger partial charge in [0.1, 0.15) is 12.2 Å². The number of aliphatic hydroxyl groups is 1. The quantitative estimate of drug-likeness (QED) is 0.0505. The zero-order valence-electron chi connectivity index (χ0n) is 28.3. The lowest BCUT2D eigenvalue weighted by atomic mass is 10.0. The van der Waals surface area contributed by atoms with E-state index in [0.29, 0.717) is 6.42 Å². The summed E-state index contributed by atoms with van der Waals surface area (Å²) in [6.07, 6.45) is 22.9. The SMILES string of the molecule is CCCCCCCCCCCCC/C=C/C(O)C(COC(=O)CCC(=O)OC(C)(C)COC)NC(=O)CCCCCCC. The van der Waals surface area contributed by atoms with Crippen molar-refractivity contribution < 1.29 is 33.7 Å². The molecule has 252 valence electrons. The summed E-state index contributed by atoms with van der Waals surface area (Å²) in [6, 6.07) is -0.756. The summed E-state index contributed by atoms with van der Waals surface area (Å²) in [5.74, 6) is -1.27. The molecule has 8 heteroatoms. The van der Waals surface area contributed by atoms with Crippen LogP contribution in [0.25, 0.3) is 0 Å². The predicted octanol–water partition coefficient (Wildman–Crippen LogP) is 7.74. The van der Waals surface area contributed by atoms with Crippen LogP contribution in [0.4, 0.5) is 0 Å². The summed E-state index contributed by atoms with van der Waals surface area (Å²) < 4.78 is 15.7. The van der Waals surface area contributed by atoms with Crippen LogP contribution in [-0.2, 0) is 28.6 Å². The summed E-state index contributed by atoms with van der Waals surface area (Å²) in [6.45, 7) is 7.93. The average molecular weight is 612 g/mol. The van der Waals surface area contributed by atoms with E-state index in [1.807, 2.05) is 6.08 Å². The Morgan fingerprint density at radius 1 is 0.744 bits per heavy atom. The zero-order chi connectivity index (χ0) is 32.2. The number of esters is 2. The van der Waals surface area contributed by atoms with Gasteiger partial charge >= 0.3 is 11.9 Å². The number of carbonyl (C=O) groups is 3. The highest BCUT2D eigenvalue weighted by atomic mass is 16.6. The summed E-state index contributed by atoms with van der Waals surface area (Å²) in [5.41, 5.74) is -0.786. The molecule has 0 spiro atoms. The van der Waals surface area contributed by atoms with Gasteiger partial charge in [0, 0.05) is 13.5 Å². The molecule has 8 nitrogen and oxygen atoms in total. The molecule has 0 heterocycles. The molecule has 0 aromatic carbocycles. The van der Waals surface area contributed by atoms with E-state index in [1.165, 1.54) is 64.9 Å². The zero-order valence-corrected chi connectivity index (χ0v) is 28.3. The van der Waals surface area contributed by atoms with Gasteiger partial charge in [-0.1, -0.05) is 116 Å². The normalized spacial score (nSPS) is 13.2. The predicted molar refractivity (Wildman–Crippen MR) is 174 cm³/mol. The van der Waals surface area contributed by atoms with E-state index in [-0.39, 0.29) is 32.0 Å². The van der Waals surface area contributed by atoms with Crippen molar-refractivity contribution in [3.05, 3.63) is 12.2 Å². The van der Waals surface area contributed by atoms with Crippen molar-refractivity contribution in [2.75, 3.05) is 20.3 Å². The first kappa shape index (κ1) is 41.1. The van der Waals surface area contributed by atoms with Gasteiger partial charge in [0.15, 0.2) is 0 Å². The molecule has 0 aromatic rings. The highest BCUT2D eigenvalue weighted by Gasteiger charge is 2.24. The molecule has 2 N–H and O–H groups in total. The number of hydrogen-bond donors (Lipinski definition) is 2. The van der Waals surface area contributed by atoms with Crippen LogP contribution in [0.1, 0.15) is 156 Å². The third-order valence-corrected chi connectivity index (χ3v) is 7.41. The van der Waals surface area contributed by atoms with E-state index < -0.39 is 29.7 Å². The minimum atomic E-state index is -0.982. The van der Waals surface area contributed by atoms with Crippen molar-refractivity contribution in [1.29, 1.82) is 0 Å². The fourth-order valence-electron chi connectivity index (χ4n) is 4.89. The topological polar surface area (TPSA) is 111 Å². The molecule has 0 saturated carbocycles. The number of aliphatic hydroxyl groups excluding tert-OH is 1. The van der Waals surface area contributed by atoms with Gasteiger partial charge in [0.05, 0.1) is 31.6 Å². The standard InChI is InChI=1S/C35H65NO7/c1-6-8-10-12-13-14-15-16-17-18-19-21-22-24-31(37)30(36-32(38)25-23-20-11-9-7-2)28-42-33(39)26-27-34(40)43-35(3,4)29-41-5/h22,24,30-31,37H,6-21,23,25-29H2,1-5H3,(H,36,38)/b24-22+. The van der Waals surface area contributed by atoms with E-state index in [0.717, 1.165) is 51.4 Å². The lowest BCUT2D eigenvalue weighted by molar-refractivity contribution is -0.163. The Hall–Kier alpha value is -1.93. The fourth-order valence-corrected chi connectivity index (χ4v) is 4.89. The first-order valence-electron chi connectivity index (χ1n) is 17.2. The van der Waals surface area contributed by atoms with Gasteiger partial charge in [-0.05, 0) is 33.1 Å². The molecule has 0 saturated heterocycles. The Kier molecular flexibility index (Phi) is 26.4. The fraction of sp³-hybridized carbons (Fsp3) is 0.857. The molecular weight excluding hydrogens is 546 g/mol. The smallest absolute Gasteiger partial charge is 0.306 e. The molecule has 2 atom stereocenters. The Bertz CT molecular complexity index is 738. The van der Waals surface area contributed by atoms with Crippen molar-refractivity contribution in [1.82, 2.24) is 5.32 Å². The Labute approximate surface area is 263 Å². The number of ether oxygens (including phenoxy) is 3. The van der Waals surface area contributed by atoms with Gasteiger partial charge in [0.2, 0.25) is 5.91 Å². The van der Waals surface area contributed by atoms with Crippen molar-refractivity contribution in [2.45, 2.75) is 174 Å². The van der Waals surface area contributed by atoms with Crippen LogP contribution in [0, 0.1) is 0 Å². The molecule has 0 rings (SSSR count). The van der Waals surface area contributed by atoms with E-state index in [2.05, 4.69) is 19.2 Å². The van der Waals surface area contributed by atoms with Crippen molar-refractivity contribution >= 4 is 17.8 Å². The molecule has 0 aliphatic rings. The van der Waals surface area contributed by atoms with E-state index >= 15 is 0 Å². The number of methoxy groups -OCH3 is 1. The molecule has 2 unspecified atom stereocenters. The van der Waals surface area contributed by atoms with Gasteiger partial charge in [-0.3, -0.25) is 14.4 Å². The number of allylic oxidation sites excluding steroid dienone is 1. The number of nitrogens with one attached hydrogen (secondary N) is 1. The highest BCUT2D eigenvalue weighted by molar-refractivity contribution is 5.78. The summed E-state index contributed by atoms with van der Waals surface area (Å²) in [7, 11) is 1.52. The monoisotopic (exact) mass is 611 g/mol. The van der Waals surface area contributed by atoms with E-state index in [4.69, 9.17) is 14.2 Å². The van der Waals surface area contributed by atoms with E-state index in [1.54, 1.807) is 19.9 Å². The van der Waals surface area contributed by atoms with Crippen LogP contribution in [0.2, 0.25) is 0 Å². The van der Waals surface area contributed by atoms with Gasteiger partial charge < -0.3 is 24.6 Å². The Morgan fingerprint density at radius 2 is 1.26 bits per heavy atom. The summed E-state index contributed by atoms with van der Waals surface area (Å²) >= 11 is 0. The number of rotatable bonds is 29. The highest BCUT2D eigenvalue weighted by Crippen LogP contribution is 2.14. The number of carbonyl (C=O) groups excluding carboxylic acids is 3. The third-order valence-electron chi connectivity index (χ3n) is 7.41. The summed E-state index contributed by atoms with van der Waals surface area (Å²) in [4.78, 5) is 37.0. The molecule has 1 amide bonds. The minimum Gasteiger partial charge on any atom is -0.463 e. The Morgan fingerprint density at radius 3 is 1.81 bits per heavy atom. The van der Waals surface area contributed by atoms with Gasteiger partial charge in [-0.25, -0.2) is 0 Å². The molecule has 0 aliphatic heterocycles. The van der Waals surface area contributed by atoms with Crippen LogP contribution < -0.4 is 5.32 Å². The second-order valence-corrected chi connectivity index (χ2v) is 12.4. The molecule has 0 radical (unpaired) electrons. The molecule has 0 aromatic heterocycles. The van der Waals surface area contributed by atoms with Crippen LogP contribution in [-0.4, -0.2) is 61.0 Å². The van der Waals surface area contributed by atoms with Crippen molar-refractivity contribution in [3.8, 4) is 0 Å². The largest absolute Gasteiger partial charge is 0.463 e. The van der Waals surface area contributed by atoms with Gasteiger partial charge in [-0.15, -0.1) is 0 Å². The summed E-state index contributed by atoms with van der Waals surface area (Å²) in [5, 5.41) is 13.7. The maximum absolute atomic E-state index is 12.6. The number of hydrogen-bond acceptors (Lipinski definition) is 7. The van der Waals surface area contributed by atoms with Gasteiger partial charge in [-0.2, -0.15) is 0 Å². The molecule has 0 aliphatic carbocycles. The maximum Gasteiger partial charge on any atom is 0.306 e. The molecule has 43 heavy (non-hydrogen) atoms. The molecular formula is C35H65NO7. The average Bonchev–Trinajstić information content (AvgIpc) is 2.96. The van der Waals surface area contributed by atoms with Crippen LogP contribution >= 0.6 is 0 Å². The number of unbranched alkanes of at least 4 members (excludes halogenated alkanes) is 15. The lowest BCUT2D eigenvalue weighted by Crippen LogP contribution is -2.46. The second kappa shape index (κ2) is 27.6. The Balaban J connectivity index is 4.59. The van der Waals surface area contributed by atoms with Crippen LogP contribution in [0.5, 0.6) is 0 Å². The minimum absolute atomic E-state index is 0.123. The lowest BCUT2D eigenvalue weighted by Gasteiger charge is -2.24. The first-order chi connectivity index (χ1) is 20.6. The third kappa shape index (κ3) is 26.2. The van der Waals surface area contributed by atoms with Crippen LogP contribution in [0.3, 0.4) is 0 Å². The van der Waals surface area contributed by atoms with Crippen molar-refractivity contribution in [2.24, 2.45) is 0 Å². The number of amides is 1. The van der Waals surface area contributed by atoms with Crippen LogP contribution in [0.15, 0.2) is 12.2 Å². The first-order valence-corrected chi connectivity index (χ1v) is 17.2. The second-order valence-electron chi connectivity index (χ2n) is 12.4. The molecule has 0 bridgehead atoms. The van der Waals surface area contributed by atoms with Crippen molar-refractivity contribution in [3.63, 3.8) is 0 Å².